The third-order valence-corrected chi connectivity index (χ3v) is 0. The Hall–Kier alpha value is 0.504. The molecule has 0 aromatic carbocycles. The van der Waals surface area contributed by atoms with Crippen molar-refractivity contribution in [3.63, 3.8) is 0 Å². The standard InChI is InChI=1S/NO2.Y/c2-1-3;. The van der Waals surface area contributed by atoms with Gasteiger partial charge in [0, 0.05) is 0 Å². The van der Waals surface area contributed by atoms with E-state index in [0.29, 0.717) is 0 Å². The maximum absolute atomic E-state index is 8.86. The van der Waals surface area contributed by atoms with Crippen molar-refractivity contribution in [3.05, 3.63) is 10.1 Å². The van der Waals surface area contributed by atoms with Crippen LogP contribution >= 0.6 is 0 Å². The molecule has 0 radical (unpaired) electrons. The molecule has 0 amide bonds. The molecule has 0 aromatic heterocycles. The molecule has 0 atom stereocenters. The molecule has 0 N–H and O–H groups in total. The summed E-state index contributed by atoms with van der Waals surface area (Å²) < 4.78 is -0.370. The zero-order valence-electron chi connectivity index (χ0n) is 1.84. The van der Waals surface area contributed by atoms with Gasteiger partial charge >= 0.3 is 43.5 Å². The molecule has 0 unspecified atom stereocenters. The summed E-state index contributed by atoms with van der Waals surface area (Å²) in [6.45, 7) is 0. The van der Waals surface area contributed by atoms with Crippen LogP contribution in [0.25, 0.3) is 0 Å². The minimum atomic E-state index is -0.370. The van der Waals surface area contributed by atoms with Crippen molar-refractivity contribution in [2.75, 3.05) is 0 Å². The Bertz CT molecular complexity index is 29.0. The summed E-state index contributed by atoms with van der Waals surface area (Å²) in [5.41, 5.74) is 0. The molecule has 0 rings (SSSR count). The van der Waals surface area contributed by atoms with E-state index >= 15 is 0 Å². The first-order valence-electron chi connectivity index (χ1n) is 0.623. The Morgan fingerprint density at radius 1 is 2.00 bits per heavy atom. The predicted octanol–water partition coefficient (Wildman–Crippen LogP) is -0.275. The quantitative estimate of drug-likeness (QED) is 0.338. The van der Waals surface area contributed by atoms with Gasteiger partial charge < -0.3 is 0 Å². The van der Waals surface area contributed by atoms with Crippen LogP contribution in [-0.4, -0.2) is 2.06 Å². The Balaban J connectivity index is 2.80. The molecule has 0 aliphatic carbocycles. The van der Waals surface area contributed by atoms with E-state index in [1.807, 2.05) is 0 Å². The topological polar surface area (TPSA) is 43.1 Å². The van der Waals surface area contributed by atoms with Crippen molar-refractivity contribution in [1.82, 2.24) is 0 Å². The summed E-state index contributed by atoms with van der Waals surface area (Å²) >= 11 is 0.123. The van der Waals surface area contributed by atoms with Crippen molar-refractivity contribution in [1.29, 1.82) is 0 Å². The zero-order valence-corrected chi connectivity index (χ0v) is 4.68. The first-order chi connectivity index (χ1) is 1.73. The van der Waals surface area contributed by atoms with Gasteiger partial charge in [-0.1, -0.05) is 0 Å². The summed E-state index contributed by atoms with van der Waals surface area (Å²) in [6.07, 6.45) is 0. The van der Waals surface area contributed by atoms with Crippen molar-refractivity contribution in [3.8, 4) is 0 Å². The van der Waals surface area contributed by atoms with Crippen LogP contribution in [0.5, 0.6) is 0 Å². The third-order valence-electron chi connectivity index (χ3n) is 0. The molecule has 3 nitrogen and oxygen atoms in total. The fourth-order valence-electron chi connectivity index (χ4n) is 0. The molecule has 4 heavy (non-hydrogen) atoms. The van der Waals surface area contributed by atoms with Gasteiger partial charge in [0.25, 0.3) is 0 Å². The molecule has 0 aliphatic heterocycles. The number of nitro groups is 1. The van der Waals surface area contributed by atoms with Crippen LogP contribution in [0.15, 0.2) is 0 Å². The molecule has 4 heteroatoms. The van der Waals surface area contributed by atoms with E-state index in [2.05, 4.69) is 0 Å². The predicted molar refractivity (Wildman–Crippen MR) is 6.99 cm³/mol. The summed E-state index contributed by atoms with van der Waals surface area (Å²) in [4.78, 5) is 8.86. The molecule has 0 fully saturated rings. The molecule has 20 valence electrons. The number of rotatable bonds is 0. The Kier molecular flexibility index (Phi) is 2.01. The van der Waals surface area contributed by atoms with E-state index in [1.165, 1.54) is 0 Å². The van der Waals surface area contributed by atoms with Gasteiger partial charge in [-0.15, -0.1) is 0 Å². The van der Waals surface area contributed by atoms with Crippen molar-refractivity contribution < 1.29 is 33.3 Å². The second-order valence-corrected chi connectivity index (χ2v) is 1.32. The molecular weight excluding hydrogens is 135 g/mol. The van der Waals surface area contributed by atoms with E-state index in [4.69, 9.17) is 10.1 Å². The van der Waals surface area contributed by atoms with Gasteiger partial charge in [0.2, 0.25) is 0 Å². The second kappa shape index (κ2) is 1.79. The zero-order chi connectivity index (χ0) is 3.58. The van der Waals surface area contributed by atoms with Gasteiger partial charge in [0.1, 0.15) is 0 Å². The molecule has 0 saturated heterocycles. The van der Waals surface area contributed by atoms with Crippen molar-refractivity contribution in [2.45, 2.75) is 0 Å². The van der Waals surface area contributed by atoms with Gasteiger partial charge in [-0.2, -0.15) is 0 Å². The van der Waals surface area contributed by atoms with Crippen LogP contribution in [0.3, 0.4) is 0 Å². The SMILES string of the molecule is O=[N+]([O-])[Y]. The Labute approximate surface area is 43.5 Å². The van der Waals surface area contributed by atoms with Crippen LogP contribution in [0.4, 0.5) is 0 Å². The average Bonchev–Trinajstić information content (AvgIpc) is 0.811. The molecule has 0 bridgehead atoms. The van der Waals surface area contributed by atoms with E-state index in [9.17, 15) is 0 Å². The monoisotopic (exact) mass is 135 g/mol. The first-order valence-corrected chi connectivity index (χ1v) is 1.89. The molecule has 0 spiro atoms. The number of hydrogen-bond donors (Lipinski definition) is 0. The summed E-state index contributed by atoms with van der Waals surface area (Å²) in [5.74, 6) is 0. The summed E-state index contributed by atoms with van der Waals surface area (Å²) in [7, 11) is 0. The average molecular weight is 135 g/mol. The molecular formula is NO2Y. The molecule has 0 aromatic rings. The van der Waals surface area contributed by atoms with Crippen molar-refractivity contribution >= 4 is 0 Å². The summed E-state index contributed by atoms with van der Waals surface area (Å²) in [6, 6.07) is 0. The van der Waals surface area contributed by atoms with E-state index in [1.54, 1.807) is 0 Å². The van der Waals surface area contributed by atoms with Crippen LogP contribution in [0.1, 0.15) is 0 Å². The van der Waals surface area contributed by atoms with E-state index < -0.39 is 0 Å². The first kappa shape index (κ1) is 4.50. The third kappa shape index (κ3) is 22.3. The van der Waals surface area contributed by atoms with Gasteiger partial charge in [0.15, 0.2) is 0 Å². The van der Waals surface area contributed by atoms with E-state index in [0.717, 1.165) is 0 Å². The fraction of sp³-hybridized carbons (Fsp3) is 0. The van der Waals surface area contributed by atoms with Gasteiger partial charge in [-0.25, -0.2) is 0 Å². The van der Waals surface area contributed by atoms with Crippen LogP contribution in [0.2, 0.25) is 0 Å². The fourth-order valence-corrected chi connectivity index (χ4v) is 0. The Morgan fingerprint density at radius 3 is 2.00 bits per heavy atom. The minimum absolute atomic E-state index is 0.123. The van der Waals surface area contributed by atoms with Crippen LogP contribution in [0, 0.1) is 10.1 Å². The molecule has 0 heterocycles. The second-order valence-electron chi connectivity index (χ2n) is 0.285. The van der Waals surface area contributed by atoms with Crippen LogP contribution in [-0.2, 0) is 31.3 Å². The van der Waals surface area contributed by atoms with Crippen LogP contribution < -0.4 is 0 Å². The number of hydrogen-bond acceptors (Lipinski definition) is 2. The van der Waals surface area contributed by atoms with Gasteiger partial charge in [0.05, 0.1) is 0 Å². The molecule has 0 saturated carbocycles. The Morgan fingerprint density at radius 2 is 2.00 bits per heavy atom. The van der Waals surface area contributed by atoms with Crippen molar-refractivity contribution in [2.24, 2.45) is 0 Å². The maximum atomic E-state index is 8.86. The normalized spacial score (nSPS) is 5.75. The van der Waals surface area contributed by atoms with E-state index in [-0.39, 0.29) is 33.3 Å². The molecule has 0 aliphatic rings. The number of nitrogens with zero attached hydrogens (tertiary/aromatic N) is 1. The van der Waals surface area contributed by atoms with Gasteiger partial charge in [-0.05, 0) is 0 Å². The summed E-state index contributed by atoms with van der Waals surface area (Å²) in [5, 5.41) is 8.86. The van der Waals surface area contributed by atoms with Gasteiger partial charge in [-0.3, -0.25) is 0 Å².